The zero-order chi connectivity index (χ0) is 5.98. The molecule has 0 amide bonds. The Kier molecular flexibility index (Phi) is 1.86. The van der Waals surface area contributed by atoms with E-state index in [1.807, 2.05) is 0 Å². The summed E-state index contributed by atoms with van der Waals surface area (Å²) >= 11 is 0. The van der Waals surface area contributed by atoms with Gasteiger partial charge in [-0.1, -0.05) is 6.92 Å². The van der Waals surface area contributed by atoms with Crippen LogP contribution in [0.2, 0.25) is 0 Å². The van der Waals surface area contributed by atoms with Gasteiger partial charge >= 0.3 is 0 Å². The van der Waals surface area contributed by atoms with E-state index in [9.17, 15) is 0 Å². The molecular weight excluding hydrogens is 104 g/mol. The van der Waals surface area contributed by atoms with Crippen LogP contribution in [0, 0.1) is 5.92 Å². The van der Waals surface area contributed by atoms with Gasteiger partial charge < -0.3 is 9.84 Å². The SMILES string of the molecule is C[C@@H]1CO[C@H](CO)C1. The van der Waals surface area contributed by atoms with E-state index in [2.05, 4.69) is 6.92 Å². The van der Waals surface area contributed by atoms with E-state index in [0.29, 0.717) is 5.92 Å². The Bertz CT molecular complexity index is 72.9. The van der Waals surface area contributed by atoms with Gasteiger partial charge in [-0.25, -0.2) is 0 Å². The van der Waals surface area contributed by atoms with E-state index >= 15 is 0 Å². The highest BCUT2D eigenvalue weighted by molar-refractivity contribution is 4.68. The molecule has 0 aromatic heterocycles. The molecule has 8 heavy (non-hydrogen) atoms. The van der Waals surface area contributed by atoms with Crippen molar-refractivity contribution in [2.24, 2.45) is 5.92 Å². The van der Waals surface area contributed by atoms with Crippen LogP contribution < -0.4 is 0 Å². The minimum absolute atomic E-state index is 0.130. The molecule has 1 saturated heterocycles. The maximum absolute atomic E-state index is 8.56. The van der Waals surface area contributed by atoms with E-state index in [-0.39, 0.29) is 12.7 Å². The fourth-order valence-electron chi connectivity index (χ4n) is 1.01. The number of aliphatic hydroxyl groups is 1. The lowest BCUT2D eigenvalue weighted by Crippen LogP contribution is -2.09. The lowest BCUT2D eigenvalue weighted by Gasteiger charge is -2.01. The van der Waals surface area contributed by atoms with Crippen molar-refractivity contribution in [1.82, 2.24) is 0 Å². The topological polar surface area (TPSA) is 29.5 Å². The summed E-state index contributed by atoms with van der Waals surface area (Å²) in [6.45, 7) is 3.14. The molecule has 0 aliphatic carbocycles. The first-order chi connectivity index (χ1) is 3.83. The molecule has 0 spiro atoms. The van der Waals surface area contributed by atoms with Crippen molar-refractivity contribution < 1.29 is 9.84 Å². The maximum atomic E-state index is 8.56. The summed E-state index contributed by atoms with van der Waals surface area (Å²) in [6.07, 6.45) is 1.15. The van der Waals surface area contributed by atoms with Crippen LogP contribution in [0.1, 0.15) is 13.3 Å². The molecule has 1 rings (SSSR count). The summed E-state index contributed by atoms with van der Waals surface area (Å²) in [5, 5.41) is 8.56. The van der Waals surface area contributed by atoms with Crippen molar-refractivity contribution in [3.05, 3.63) is 0 Å². The van der Waals surface area contributed by atoms with Gasteiger partial charge in [0.05, 0.1) is 12.7 Å². The van der Waals surface area contributed by atoms with Gasteiger partial charge in [0, 0.05) is 6.61 Å². The summed E-state index contributed by atoms with van der Waals surface area (Å²) in [4.78, 5) is 0. The van der Waals surface area contributed by atoms with Crippen molar-refractivity contribution >= 4 is 0 Å². The predicted molar refractivity (Wildman–Crippen MR) is 30.6 cm³/mol. The van der Waals surface area contributed by atoms with Gasteiger partial charge in [0.15, 0.2) is 0 Å². The van der Waals surface area contributed by atoms with E-state index in [1.165, 1.54) is 0 Å². The zero-order valence-electron chi connectivity index (χ0n) is 5.13. The molecule has 2 nitrogen and oxygen atoms in total. The maximum Gasteiger partial charge on any atom is 0.0809 e. The number of rotatable bonds is 1. The minimum atomic E-state index is 0.130. The summed E-state index contributed by atoms with van der Waals surface area (Å²) in [5.74, 6) is 0.646. The highest BCUT2D eigenvalue weighted by Gasteiger charge is 2.20. The molecule has 1 N–H and O–H groups in total. The molecule has 0 saturated carbocycles. The Morgan fingerprint density at radius 1 is 1.75 bits per heavy atom. The van der Waals surface area contributed by atoms with Crippen molar-refractivity contribution in [2.45, 2.75) is 19.4 Å². The van der Waals surface area contributed by atoms with Gasteiger partial charge in [0.2, 0.25) is 0 Å². The van der Waals surface area contributed by atoms with Crippen LogP contribution in [0.15, 0.2) is 0 Å². The molecule has 1 heterocycles. The monoisotopic (exact) mass is 116 g/mol. The van der Waals surface area contributed by atoms with Crippen molar-refractivity contribution in [1.29, 1.82) is 0 Å². The Hall–Kier alpha value is -0.0800. The molecule has 0 aromatic carbocycles. The molecule has 2 atom stereocenters. The van der Waals surface area contributed by atoms with Gasteiger partial charge in [0.25, 0.3) is 0 Å². The standard InChI is InChI=1S/C6H12O2/c1-5-2-6(3-7)8-4-5/h5-7H,2-4H2,1H3/t5-,6-/m0/s1. The number of ether oxygens (including phenoxy) is 1. The van der Waals surface area contributed by atoms with E-state index in [1.54, 1.807) is 0 Å². The summed E-state index contributed by atoms with van der Waals surface area (Å²) < 4.78 is 5.16. The molecule has 0 aromatic rings. The van der Waals surface area contributed by atoms with Gasteiger partial charge in [-0.3, -0.25) is 0 Å². The number of aliphatic hydroxyl groups excluding tert-OH is 1. The molecule has 0 radical (unpaired) electrons. The summed E-state index contributed by atoms with van der Waals surface area (Å²) in [6, 6.07) is 0. The predicted octanol–water partition coefficient (Wildman–Crippen LogP) is 0.404. The molecule has 1 fully saturated rings. The van der Waals surface area contributed by atoms with Crippen molar-refractivity contribution in [3.63, 3.8) is 0 Å². The second-order valence-electron chi connectivity index (χ2n) is 2.48. The van der Waals surface area contributed by atoms with Crippen molar-refractivity contribution in [2.75, 3.05) is 13.2 Å². The van der Waals surface area contributed by atoms with Crippen LogP contribution >= 0.6 is 0 Å². The van der Waals surface area contributed by atoms with E-state index < -0.39 is 0 Å². The van der Waals surface area contributed by atoms with Crippen LogP contribution in [-0.4, -0.2) is 24.4 Å². The quantitative estimate of drug-likeness (QED) is 0.537. The van der Waals surface area contributed by atoms with Crippen LogP contribution in [0.25, 0.3) is 0 Å². The van der Waals surface area contributed by atoms with Gasteiger partial charge in [-0.15, -0.1) is 0 Å². The molecule has 1 aliphatic heterocycles. The molecule has 2 heteroatoms. The zero-order valence-corrected chi connectivity index (χ0v) is 5.13. The Balaban J connectivity index is 2.22. The average Bonchev–Trinajstić information content (AvgIpc) is 2.14. The van der Waals surface area contributed by atoms with Gasteiger partial charge in [0.1, 0.15) is 0 Å². The Morgan fingerprint density at radius 2 is 2.50 bits per heavy atom. The first kappa shape index (κ1) is 6.05. The van der Waals surface area contributed by atoms with Gasteiger partial charge in [-0.05, 0) is 12.3 Å². The molecule has 48 valence electrons. The second kappa shape index (κ2) is 2.46. The molecule has 0 bridgehead atoms. The van der Waals surface area contributed by atoms with Crippen LogP contribution in [0.5, 0.6) is 0 Å². The highest BCUT2D eigenvalue weighted by atomic mass is 16.5. The second-order valence-corrected chi connectivity index (χ2v) is 2.48. The smallest absolute Gasteiger partial charge is 0.0809 e. The molecule has 0 unspecified atom stereocenters. The lowest BCUT2D eigenvalue weighted by atomic mass is 10.1. The fraction of sp³-hybridized carbons (Fsp3) is 1.00. The molecular formula is C6H12O2. The van der Waals surface area contributed by atoms with E-state index in [0.717, 1.165) is 13.0 Å². The third-order valence-corrected chi connectivity index (χ3v) is 1.49. The van der Waals surface area contributed by atoms with Gasteiger partial charge in [-0.2, -0.15) is 0 Å². The summed E-state index contributed by atoms with van der Waals surface area (Å²) in [7, 11) is 0. The third kappa shape index (κ3) is 1.20. The van der Waals surface area contributed by atoms with Crippen molar-refractivity contribution in [3.8, 4) is 0 Å². The van der Waals surface area contributed by atoms with Crippen LogP contribution in [0.4, 0.5) is 0 Å². The first-order valence-corrected chi connectivity index (χ1v) is 3.05. The number of hydrogen-bond donors (Lipinski definition) is 1. The van der Waals surface area contributed by atoms with Crippen LogP contribution in [0.3, 0.4) is 0 Å². The van der Waals surface area contributed by atoms with E-state index in [4.69, 9.17) is 9.84 Å². The largest absolute Gasteiger partial charge is 0.394 e. The van der Waals surface area contributed by atoms with Crippen LogP contribution in [-0.2, 0) is 4.74 Å². The lowest BCUT2D eigenvalue weighted by molar-refractivity contribution is 0.0576. The number of hydrogen-bond acceptors (Lipinski definition) is 2. The third-order valence-electron chi connectivity index (χ3n) is 1.49. The molecule has 1 aliphatic rings. The normalized spacial score (nSPS) is 38.2. The Morgan fingerprint density at radius 3 is 2.75 bits per heavy atom. The fourth-order valence-corrected chi connectivity index (χ4v) is 1.01. The Labute approximate surface area is 49.5 Å². The summed E-state index contributed by atoms with van der Waals surface area (Å²) in [5.41, 5.74) is 0. The average molecular weight is 116 g/mol. The first-order valence-electron chi connectivity index (χ1n) is 3.05. The minimum Gasteiger partial charge on any atom is -0.394 e. The highest BCUT2D eigenvalue weighted by Crippen LogP contribution is 2.17.